The maximum atomic E-state index is 4.27. The van der Waals surface area contributed by atoms with Crippen LogP contribution in [0.3, 0.4) is 0 Å². The Morgan fingerprint density at radius 3 is 2.79 bits per heavy atom. The van der Waals surface area contributed by atoms with Gasteiger partial charge >= 0.3 is 0 Å². The summed E-state index contributed by atoms with van der Waals surface area (Å²) in [6.45, 7) is 9.76. The lowest BCUT2D eigenvalue weighted by atomic mass is 9.92. The molecule has 106 valence electrons. The molecule has 2 heterocycles. The van der Waals surface area contributed by atoms with Crippen molar-refractivity contribution in [2.75, 3.05) is 30.3 Å². The van der Waals surface area contributed by atoms with Crippen molar-refractivity contribution in [1.82, 2.24) is 15.3 Å². The van der Waals surface area contributed by atoms with Crippen LogP contribution in [0.2, 0.25) is 0 Å². The van der Waals surface area contributed by atoms with Crippen LogP contribution in [0, 0.1) is 5.41 Å². The summed E-state index contributed by atoms with van der Waals surface area (Å²) in [5.41, 5.74) is 0.344. The van der Waals surface area contributed by atoms with E-state index in [0.29, 0.717) is 11.5 Å². The maximum Gasteiger partial charge on any atom is 0.131 e. The van der Waals surface area contributed by atoms with E-state index in [4.69, 9.17) is 0 Å². The topological polar surface area (TPSA) is 61.9 Å². The predicted octanol–water partition coefficient (Wildman–Crippen LogP) is 2.10. The summed E-state index contributed by atoms with van der Waals surface area (Å²) in [6, 6.07) is 2.47. The first-order valence-corrected chi connectivity index (χ1v) is 7.06. The highest BCUT2D eigenvalue weighted by Crippen LogP contribution is 2.18. The van der Waals surface area contributed by atoms with Gasteiger partial charge in [-0.2, -0.15) is 0 Å². The van der Waals surface area contributed by atoms with Gasteiger partial charge in [-0.3, -0.25) is 0 Å². The molecule has 0 aliphatic carbocycles. The number of nitrogens with zero attached hydrogens (tertiary/aromatic N) is 2. The van der Waals surface area contributed by atoms with E-state index in [-0.39, 0.29) is 0 Å². The standard InChI is InChI=1S/C14H25N5/c1-14(2,3)5-7-16-12-8-13(18-10-17-12)19-11-4-6-15-9-11/h8,10-11,15H,4-7,9H2,1-3H3,(H2,16,17,18,19). The molecule has 1 unspecified atom stereocenters. The largest absolute Gasteiger partial charge is 0.370 e. The van der Waals surface area contributed by atoms with Gasteiger partial charge in [0.05, 0.1) is 0 Å². The molecular formula is C14H25N5. The zero-order chi connectivity index (χ0) is 13.7. The van der Waals surface area contributed by atoms with E-state index in [0.717, 1.165) is 44.1 Å². The van der Waals surface area contributed by atoms with Crippen molar-refractivity contribution in [3.8, 4) is 0 Å². The summed E-state index contributed by atoms with van der Waals surface area (Å²) in [5.74, 6) is 1.80. The van der Waals surface area contributed by atoms with Gasteiger partial charge in [0.2, 0.25) is 0 Å². The van der Waals surface area contributed by atoms with Crippen LogP contribution in [-0.4, -0.2) is 35.6 Å². The molecule has 0 saturated carbocycles. The minimum atomic E-state index is 0.344. The number of rotatable bonds is 5. The average Bonchev–Trinajstić information content (AvgIpc) is 2.80. The fraction of sp³-hybridized carbons (Fsp3) is 0.714. The SMILES string of the molecule is CC(C)(C)CCNc1cc(NC2CCNC2)ncn1. The van der Waals surface area contributed by atoms with Crippen molar-refractivity contribution in [1.29, 1.82) is 0 Å². The number of aromatic nitrogens is 2. The molecule has 0 radical (unpaired) electrons. The lowest BCUT2D eigenvalue weighted by Gasteiger charge is -2.18. The van der Waals surface area contributed by atoms with Gasteiger partial charge in [-0.1, -0.05) is 20.8 Å². The second-order valence-electron chi connectivity index (χ2n) is 6.36. The van der Waals surface area contributed by atoms with E-state index in [1.165, 1.54) is 0 Å². The molecular weight excluding hydrogens is 238 g/mol. The van der Waals surface area contributed by atoms with Crippen molar-refractivity contribution in [3.63, 3.8) is 0 Å². The molecule has 0 amide bonds. The Kier molecular flexibility index (Phi) is 4.58. The lowest BCUT2D eigenvalue weighted by molar-refractivity contribution is 0.389. The smallest absolute Gasteiger partial charge is 0.131 e. The third kappa shape index (κ3) is 5.03. The highest BCUT2D eigenvalue weighted by molar-refractivity contribution is 5.47. The van der Waals surface area contributed by atoms with Crippen LogP contribution < -0.4 is 16.0 Å². The van der Waals surface area contributed by atoms with E-state index in [2.05, 4.69) is 46.7 Å². The molecule has 1 fully saturated rings. The summed E-state index contributed by atoms with van der Waals surface area (Å²) in [6.07, 6.45) is 3.88. The van der Waals surface area contributed by atoms with Crippen molar-refractivity contribution >= 4 is 11.6 Å². The van der Waals surface area contributed by atoms with Crippen LogP contribution in [0.1, 0.15) is 33.6 Å². The summed E-state index contributed by atoms with van der Waals surface area (Å²) >= 11 is 0. The average molecular weight is 263 g/mol. The molecule has 1 saturated heterocycles. The molecule has 1 atom stereocenters. The molecule has 1 aromatic heterocycles. The molecule has 1 aromatic rings. The Morgan fingerprint density at radius 2 is 2.11 bits per heavy atom. The second-order valence-corrected chi connectivity index (χ2v) is 6.36. The van der Waals surface area contributed by atoms with Crippen LogP contribution in [0.25, 0.3) is 0 Å². The zero-order valence-corrected chi connectivity index (χ0v) is 12.2. The molecule has 2 rings (SSSR count). The van der Waals surface area contributed by atoms with Gasteiger partial charge in [-0.05, 0) is 24.8 Å². The molecule has 5 nitrogen and oxygen atoms in total. The Morgan fingerprint density at radius 1 is 1.32 bits per heavy atom. The number of nitrogens with one attached hydrogen (secondary N) is 3. The third-order valence-electron chi connectivity index (χ3n) is 3.26. The summed E-state index contributed by atoms with van der Waals surface area (Å²) < 4.78 is 0. The van der Waals surface area contributed by atoms with Gasteiger partial charge in [0.1, 0.15) is 18.0 Å². The summed E-state index contributed by atoms with van der Waals surface area (Å²) in [5, 5.41) is 10.1. The van der Waals surface area contributed by atoms with Crippen LogP contribution in [0.15, 0.2) is 12.4 Å². The molecule has 0 bridgehead atoms. The molecule has 1 aliphatic heterocycles. The molecule has 1 aliphatic rings. The summed E-state index contributed by atoms with van der Waals surface area (Å²) in [4.78, 5) is 8.53. The van der Waals surface area contributed by atoms with Crippen LogP contribution in [-0.2, 0) is 0 Å². The van der Waals surface area contributed by atoms with E-state index in [9.17, 15) is 0 Å². The van der Waals surface area contributed by atoms with Gasteiger partial charge < -0.3 is 16.0 Å². The fourth-order valence-electron chi connectivity index (χ4n) is 2.09. The Hall–Kier alpha value is -1.36. The van der Waals surface area contributed by atoms with E-state index in [1.807, 2.05) is 6.07 Å². The van der Waals surface area contributed by atoms with Gasteiger partial charge in [-0.25, -0.2) is 9.97 Å². The van der Waals surface area contributed by atoms with Crippen LogP contribution in [0.5, 0.6) is 0 Å². The second kappa shape index (κ2) is 6.19. The lowest BCUT2D eigenvalue weighted by Crippen LogP contribution is -2.22. The van der Waals surface area contributed by atoms with Crippen LogP contribution in [0.4, 0.5) is 11.6 Å². The third-order valence-corrected chi connectivity index (χ3v) is 3.26. The Balaban J connectivity index is 1.84. The Labute approximate surface area is 115 Å². The van der Waals surface area contributed by atoms with Crippen molar-refractivity contribution in [2.45, 2.75) is 39.7 Å². The molecule has 5 heteroatoms. The molecule has 19 heavy (non-hydrogen) atoms. The van der Waals surface area contributed by atoms with Crippen molar-refractivity contribution in [3.05, 3.63) is 12.4 Å². The molecule has 0 aromatic carbocycles. The van der Waals surface area contributed by atoms with Crippen molar-refractivity contribution in [2.24, 2.45) is 5.41 Å². The number of hydrogen-bond donors (Lipinski definition) is 3. The highest BCUT2D eigenvalue weighted by Gasteiger charge is 2.14. The minimum Gasteiger partial charge on any atom is -0.370 e. The number of hydrogen-bond acceptors (Lipinski definition) is 5. The van der Waals surface area contributed by atoms with E-state index < -0.39 is 0 Å². The van der Waals surface area contributed by atoms with Crippen molar-refractivity contribution < 1.29 is 0 Å². The highest BCUT2D eigenvalue weighted by atomic mass is 15.1. The maximum absolute atomic E-state index is 4.27. The normalized spacial score (nSPS) is 19.4. The quantitative estimate of drug-likeness (QED) is 0.759. The fourth-order valence-corrected chi connectivity index (χ4v) is 2.09. The molecule has 3 N–H and O–H groups in total. The summed E-state index contributed by atoms with van der Waals surface area (Å²) in [7, 11) is 0. The van der Waals surface area contributed by atoms with Gasteiger partial charge in [-0.15, -0.1) is 0 Å². The predicted molar refractivity (Wildman–Crippen MR) is 79.5 cm³/mol. The zero-order valence-electron chi connectivity index (χ0n) is 12.2. The van der Waals surface area contributed by atoms with Crippen LogP contribution >= 0.6 is 0 Å². The van der Waals surface area contributed by atoms with Gasteiger partial charge in [0, 0.05) is 25.2 Å². The van der Waals surface area contributed by atoms with Gasteiger partial charge in [0.25, 0.3) is 0 Å². The first kappa shape index (κ1) is 14.1. The Bertz CT molecular complexity index is 393. The minimum absolute atomic E-state index is 0.344. The first-order chi connectivity index (χ1) is 9.03. The van der Waals surface area contributed by atoms with Gasteiger partial charge in [0.15, 0.2) is 0 Å². The van der Waals surface area contributed by atoms with E-state index >= 15 is 0 Å². The molecule has 0 spiro atoms. The van der Waals surface area contributed by atoms with E-state index in [1.54, 1.807) is 6.33 Å². The number of anilines is 2. The monoisotopic (exact) mass is 263 g/mol. The first-order valence-electron chi connectivity index (χ1n) is 7.06.